The van der Waals surface area contributed by atoms with E-state index in [4.69, 9.17) is 9.47 Å². The molecule has 1 aliphatic rings. The molecule has 0 radical (unpaired) electrons. The lowest BCUT2D eigenvalue weighted by molar-refractivity contribution is 0.0950. The summed E-state index contributed by atoms with van der Waals surface area (Å²) in [5.74, 6) is 1.04. The molecule has 0 aliphatic carbocycles. The van der Waals surface area contributed by atoms with Crippen molar-refractivity contribution in [3.8, 4) is 11.5 Å². The quantitative estimate of drug-likeness (QED) is 0.530. The van der Waals surface area contributed by atoms with Crippen LogP contribution in [0.4, 0.5) is 5.69 Å². The molecular formula is C23H23N3O5S. The number of hydrogen-bond acceptors (Lipinski definition) is 6. The van der Waals surface area contributed by atoms with E-state index in [9.17, 15) is 13.2 Å². The predicted molar refractivity (Wildman–Crippen MR) is 120 cm³/mol. The first kappa shape index (κ1) is 21.7. The van der Waals surface area contributed by atoms with Crippen LogP contribution in [0.5, 0.6) is 11.5 Å². The van der Waals surface area contributed by atoms with Crippen LogP contribution in [0.1, 0.15) is 27.7 Å². The van der Waals surface area contributed by atoms with E-state index in [0.29, 0.717) is 28.3 Å². The van der Waals surface area contributed by atoms with Gasteiger partial charge < -0.3 is 20.1 Å². The lowest BCUT2D eigenvalue weighted by Crippen LogP contribution is -2.38. The Labute approximate surface area is 186 Å². The maximum absolute atomic E-state index is 12.6. The first-order valence-corrected chi connectivity index (χ1v) is 11.4. The van der Waals surface area contributed by atoms with E-state index in [1.807, 2.05) is 6.07 Å². The summed E-state index contributed by atoms with van der Waals surface area (Å²) >= 11 is 0. The molecule has 166 valence electrons. The molecular weight excluding hydrogens is 430 g/mol. The topological polar surface area (TPSA) is 106 Å². The number of anilines is 1. The molecule has 1 amide bonds. The minimum Gasteiger partial charge on any atom is -0.497 e. The van der Waals surface area contributed by atoms with Gasteiger partial charge in [-0.2, -0.15) is 4.72 Å². The van der Waals surface area contributed by atoms with E-state index in [1.165, 1.54) is 0 Å². The predicted octanol–water partition coefficient (Wildman–Crippen LogP) is 3.04. The minimum atomic E-state index is -3.63. The largest absolute Gasteiger partial charge is 0.497 e. The molecule has 0 aromatic heterocycles. The average molecular weight is 454 g/mol. The van der Waals surface area contributed by atoms with E-state index in [2.05, 4.69) is 15.4 Å². The summed E-state index contributed by atoms with van der Waals surface area (Å²) in [6.45, 7) is 0.286. The normalized spacial score (nSPS) is 16.4. The first-order chi connectivity index (χ1) is 15.4. The van der Waals surface area contributed by atoms with E-state index >= 15 is 0 Å². The van der Waals surface area contributed by atoms with Crippen molar-refractivity contribution in [2.24, 2.45) is 0 Å². The number of methoxy groups -OCH3 is 2. The molecule has 3 N–H and O–H groups in total. The number of carbonyl (C=O) groups excluding carboxylic acids is 1. The van der Waals surface area contributed by atoms with Gasteiger partial charge >= 0.3 is 0 Å². The van der Waals surface area contributed by atoms with Crippen LogP contribution in [0, 0.1) is 0 Å². The standard InChI is InChI=1S/C23H23N3O5S/c1-30-18-12-11-17(20(13-18)31-2)14-24-23(27)16-9-7-15(8-10-16)22-25-19-5-3-4-6-21(19)32(28,29)26-22/h3-13,22,25-26H,14H2,1-2H3,(H,24,27). The number of carbonyl (C=O) groups is 1. The van der Waals surface area contributed by atoms with Crippen LogP contribution >= 0.6 is 0 Å². The highest BCUT2D eigenvalue weighted by Crippen LogP contribution is 2.31. The summed E-state index contributed by atoms with van der Waals surface area (Å²) in [5.41, 5.74) is 2.50. The zero-order valence-corrected chi connectivity index (χ0v) is 18.4. The summed E-state index contributed by atoms with van der Waals surface area (Å²) in [6, 6.07) is 18.9. The number of benzene rings is 3. The molecule has 32 heavy (non-hydrogen) atoms. The molecule has 0 saturated heterocycles. The zero-order valence-electron chi connectivity index (χ0n) is 17.6. The van der Waals surface area contributed by atoms with Gasteiger partial charge in [0.25, 0.3) is 5.91 Å². The van der Waals surface area contributed by atoms with Gasteiger partial charge in [-0.3, -0.25) is 4.79 Å². The molecule has 0 saturated carbocycles. The van der Waals surface area contributed by atoms with Gasteiger partial charge in [0.1, 0.15) is 22.6 Å². The minimum absolute atomic E-state index is 0.209. The van der Waals surface area contributed by atoms with Crippen LogP contribution in [0.15, 0.2) is 71.6 Å². The smallest absolute Gasteiger partial charge is 0.251 e. The lowest BCUT2D eigenvalue weighted by atomic mass is 10.1. The van der Waals surface area contributed by atoms with Gasteiger partial charge in [0, 0.05) is 23.7 Å². The molecule has 1 unspecified atom stereocenters. The summed E-state index contributed by atoms with van der Waals surface area (Å²) in [6.07, 6.45) is -0.629. The third-order valence-electron chi connectivity index (χ3n) is 5.19. The van der Waals surface area contributed by atoms with Gasteiger partial charge in [0.05, 0.1) is 19.9 Å². The van der Waals surface area contributed by atoms with Gasteiger partial charge in [0.2, 0.25) is 10.0 Å². The van der Waals surface area contributed by atoms with Crippen molar-refractivity contribution in [3.05, 3.63) is 83.4 Å². The third-order valence-corrected chi connectivity index (χ3v) is 6.67. The van der Waals surface area contributed by atoms with Crippen molar-refractivity contribution in [1.29, 1.82) is 0 Å². The SMILES string of the molecule is COc1ccc(CNC(=O)c2ccc(C3Nc4ccccc4S(=O)(=O)N3)cc2)c(OC)c1. The third kappa shape index (κ3) is 4.39. The Kier molecular flexibility index (Phi) is 6.02. The highest BCUT2D eigenvalue weighted by Gasteiger charge is 2.29. The summed E-state index contributed by atoms with van der Waals surface area (Å²) in [5, 5.41) is 6.04. The summed E-state index contributed by atoms with van der Waals surface area (Å²) in [4.78, 5) is 12.8. The molecule has 1 heterocycles. The van der Waals surface area contributed by atoms with Gasteiger partial charge in [-0.05, 0) is 42.0 Å². The monoisotopic (exact) mass is 453 g/mol. The fourth-order valence-electron chi connectivity index (χ4n) is 3.48. The Balaban J connectivity index is 1.45. The van der Waals surface area contributed by atoms with Crippen molar-refractivity contribution >= 4 is 21.6 Å². The fraction of sp³-hybridized carbons (Fsp3) is 0.174. The Morgan fingerprint density at radius 3 is 2.47 bits per heavy atom. The van der Waals surface area contributed by atoms with Crippen molar-refractivity contribution in [2.45, 2.75) is 17.6 Å². The first-order valence-electron chi connectivity index (χ1n) is 9.88. The Bertz CT molecular complexity index is 1240. The second kappa shape index (κ2) is 8.89. The number of amides is 1. The molecule has 3 aromatic rings. The van der Waals surface area contributed by atoms with E-state index in [1.54, 1.807) is 74.9 Å². The number of rotatable bonds is 6. The van der Waals surface area contributed by atoms with Crippen LogP contribution in [0.3, 0.4) is 0 Å². The van der Waals surface area contributed by atoms with Crippen LogP contribution < -0.4 is 24.8 Å². The van der Waals surface area contributed by atoms with E-state index < -0.39 is 16.2 Å². The molecule has 0 spiro atoms. The molecule has 4 rings (SSSR count). The van der Waals surface area contributed by atoms with Gasteiger partial charge in [-0.15, -0.1) is 0 Å². The Morgan fingerprint density at radius 1 is 1.00 bits per heavy atom. The van der Waals surface area contributed by atoms with Crippen molar-refractivity contribution < 1.29 is 22.7 Å². The van der Waals surface area contributed by atoms with E-state index in [0.717, 1.165) is 5.56 Å². The molecule has 3 aromatic carbocycles. The summed E-state index contributed by atoms with van der Waals surface area (Å²) < 4.78 is 38.2. The highest BCUT2D eigenvalue weighted by molar-refractivity contribution is 7.89. The molecule has 9 heteroatoms. The number of ether oxygens (including phenoxy) is 2. The molecule has 1 aliphatic heterocycles. The second-order valence-electron chi connectivity index (χ2n) is 7.18. The Morgan fingerprint density at radius 2 is 1.75 bits per heavy atom. The van der Waals surface area contributed by atoms with Crippen molar-refractivity contribution in [2.75, 3.05) is 19.5 Å². The maximum Gasteiger partial charge on any atom is 0.251 e. The summed E-state index contributed by atoms with van der Waals surface area (Å²) in [7, 11) is -0.493. The maximum atomic E-state index is 12.6. The number of sulfonamides is 1. The Hall–Kier alpha value is -3.56. The van der Waals surface area contributed by atoms with Gasteiger partial charge in [0.15, 0.2) is 0 Å². The van der Waals surface area contributed by atoms with Crippen molar-refractivity contribution in [3.63, 3.8) is 0 Å². The molecule has 1 atom stereocenters. The van der Waals surface area contributed by atoms with Crippen LogP contribution in [0.2, 0.25) is 0 Å². The zero-order chi connectivity index (χ0) is 22.7. The van der Waals surface area contributed by atoms with Crippen LogP contribution in [-0.2, 0) is 16.6 Å². The van der Waals surface area contributed by atoms with E-state index in [-0.39, 0.29) is 17.3 Å². The second-order valence-corrected chi connectivity index (χ2v) is 8.86. The van der Waals surface area contributed by atoms with Crippen LogP contribution in [0.25, 0.3) is 0 Å². The van der Waals surface area contributed by atoms with Gasteiger partial charge in [-0.1, -0.05) is 24.3 Å². The van der Waals surface area contributed by atoms with Crippen LogP contribution in [-0.4, -0.2) is 28.5 Å². The van der Waals surface area contributed by atoms with Gasteiger partial charge in [-0.25, -0.2) is 8.42 Å². The lowest BCUT2D eigenvalue weighted by Gasteiger charge is -2.28. The molecule has 0 bridgehead atoms. The fourth-order valence-corrected chi connectivity index (χ4v) is 4.78. The molecule has 8 nitrogen and oxygen atoms in total. The van der Waals surface area contributed by atoms with Crippen molar-refractivity contribution in [1.82, 2.24) is 10.0 Å². The highest BCUT2D eigenvalue weighted by atomic mass is 32.2. The number of fused-ring (bicyclic) bond motifs is 1. The number of hydrogen-bond donors (Lipinski definition) is 3. The number of para-hydroxylation sites is 1. The average Bonchev–Trinajstić information content (AvgIpc) is 2.82. The number of nitrogens with one attached hydrogen (secondary N) is 3. The molecule has 0 fully saturated rings.